The molecule has 10 nitrogen and oxygen atoms in total. The zero-order valence-corrected chi connectivity index (χ0v) is 13.7. The number of tetrazole rings is 1. The molecule has 0 spiro atoms. The summed E-state index contributed by atoms with van der Waals surface area (Å²) in [4.78, 5) is 23.2. The molecule has 0 saturated carbocycles. The van der Waals surface area contributed by atoms with Crippen molar-refractivity contribution in [3.63, 3.8) is 0 Å². The van der Waals surface area contributed by atoms with Crippen LogP contribution in [-0.4, -0.2) is 56.5 Å². The van der Waals surface area contributed by atoms with Crippen molar-refractivity contribution in [2.45, 2.75) is 32.0 Å². The van der Waals surface area contributed by atoms with E-state index in [1.54, 1.807) is 25.1 Å². The lowest BCUT2D eigenvalue weighted by Gasteiger charge is -2.14. The van der Waals surface area contributed by atoms with E-state index in [4.69, 9.17) is 14.6 Å². The Morgan fingerprint density at radius 1 is 1.36 bits per heavy atom. The van der Waals surface area contributed by atoms with Gasteiger partial charge in [0.15, 0.2) is 11.9 Å². The van der Waals surface area contributed by atoms with Gasteiger partial charge in [0.2, 0.25) is 0 Å². The summed E-state index contributed by atoms with van der Waals surface area (Å²) in [6, 6.07) is 5.02. The second-order valence-corrected chi connectivity index (χ2v) is 5.54. The number of nitrogens with one attached hydrogen (secondary N) is 1. The first-order valence-corrected chi connectivity index (χ1v) is 7.62. The van der Waals surface area contributed by atoms with Crippen molar-refractivity contribution in [1.82, 2.24) is 20.2 Å². The summed E-state index contributed by atoms with van der Waals surface area (Å²) in [5.74, 6) is -0.355. The highest BCUT2D eigenvalue weighted by atomic mass is 16.5. The van der Waals surface area contributed by atoms with Crippen LogP contribution in [0.15, 0.2) is 18.2 Å². The topological polar surface area (TPSA) is 128 Å². The average Bonchev–Trinajstić information content (AvgIpc) is 3.24. The second kappa shape index (κ2) is 6.85. The maximum atomic E-state index is 12.3. The number of rotatable bonds is 5. The lowest BCUT2D eigenvalue weighted by atomic mass is 10.2. The fraction of sp³-hybridized carbons (Fsp3) is 0.400. The Hall–Kier alpha value is -3.01. The number of carbonyl (C=O) groups excluding carboxylic acids is 1. The molecule has 1 amide bonds. The molecule has 10 heteroatoms. The van der Waals surface area contributed by atoms with Crippen LogP contribution >= 0.6 is 0 Å². The Morgan fingerprint density at radius 2 is 2.12 bits per heavy atom. The van der Waals surface area contributed by atoms with Crippen LogP contribution in [0.2, 0.25) is 0 Å². The smallest absolute Gasteiger partial charge is 0.332 e. The number of carboxylic acids is 1. The van der Waals surface area contributed by atoms with Crippen LogP contribution in [-0.2, 0) is 14.3 Å². The fourth-order valence-corrected chi connectivity index (χ4v) is 2.62. The Kier molecular flexibility index (Phi) is 4.61. The molecule has 0 unspecified atom stereocenters. The third kappa shape index (κ3) is 3.43. The van der Waals surface area contributed by atoms with Gasteiger partial charge >= 0.3 is 5.97 Å². The van der Waals surface area contributed by atoms with Gasteiger partial charge in [-0.2, -0.15) is 4.68 Å². The molecule has 1 fully saturated rings. The van der Waals surface area contributed by atoms with Crippen molar-refractivity contribution >= 4 is 17.6 Å². The lowest BCUT2D eigenvalue weighted by molar-refractivity contribution is -0.150. The number of aliphatic carboxylic acids is 1. The number of aromatic nitrogens is 4. The number of hydrogen-bond acceptors (Lipinski definition) is 7. The van der Waals surface area contributed by atoms with Crippen LogP contribution in [0.4, 0.5) is 5.69 Å². The largest absolute Gasteiger partial charge is 0.494 e. The molecule has 2 aromatic rings. The van der Waals surface area contributed by atoms with E-state index in [1.807, 2.05) is 0 Å². The third-order valence-electron chi connectivity index (χ3n) is 3.89. The predicted octanol–water partition coefficient (Wildman–Crippen LogP) is 0.550. The van der Waals surface area contributed by atoms with Crippen molar-refractivity contribution in [3.05, 3.63) is 24.0 Å². The minimum atomic E-state index is -1.06. The first-order valence-electron chi connectivity index (χ1n) is 7.62. The predicted molar refractivity (Wildman–Crippen MR) is 84.6 cm³/mol. The Balaban J connectivity index is 1.78. The van der Waals surface area contributed by atoms with Crippen molar-refractivity contribution in [2.75, 3.05) is 12.4 Å². The molecule has 132 valence electrons. The molecule has 1 aromatic heterocycles. The van der Waals surface area contributed by atoms with Crippen LogP contribution in [0, 0.1) is 6.92 Å². The van der Waals surface area contributed by atoms with E-state index in [0.717, 1.165) is 0 Å². The van der Waals surface area contributed by atoms with Crippen LogP contribution in [0.1, 0.15) is 18.7 Å². The quantitative estimate of drug-likeness (QED) is 0.802. The summed E-state index contributed by atoms with van der Waals surface area (Å²) in [6.45, 7) is 1.74. The number of carbonyl (C=O) groups is 2. The van der Waals surface area contributed by atoms with Gasteiger partial charge in [0.1, 0.15) is 17.5 Å². The molecule has 1 aliphatic rings. The monoisotopic (exact) mass is 347 g/mol. The summed E-state index contributed by atoms with van der Waals surface area (Å²) in [6.07, 6.45) is -1.06. The highest BCUT2D eigenvalue weighted by Crippen LogP contribution is 2.27. The molecule has 2 heterocycles. The molecular weight excluding hydrogens is 330 g/mol. The normalized spacial score (nSPS) is 19.6. The number of amides is 1. The highest BCUT2D eigenvalue weighted by molar-refractivity contribution is 5.95. The molecule has 2 atom stereocenters. The molecule has 2 N–H and O–H groups in total. The first kappa shape index (κ1) is 16.8. The second-order valence-electron chi connectivity index (χ2n) is 5.54. The molecule has 1 saturated heterocycles. The number of benzene rings is 1. The van der Waals surface area contributed by atoms with Gasteiger partial charge in [-0.1, -0.05) is 0 Å². The Labute approximate surface area is 142 Å². The minimum Gasteiger partial charge on any atom is -0.494 e. The van der Waals surface area contributed by atoms with Crippen LogP contribution in [0.25, 0.3) is 5.69 Å². The number of hydrogen-bond donors (Lipinski definition) is 2. The van der Waals surface area contributed by atoms with Gasteiger partial charge in [0, 0.05) is 5.69 Å². The summed E-state index contributed by atoms with van der Waals surface area (Å²) in [7, 11) is 1.52. The fourth-order valence-electron chi connectivity index (χ4n) is 2.62. The zero-order valence-electron chi connectivity index (χ0n) is 13.7. The Bertz CT molecular complexity index is 805. The van der Waals surface area contributed by atoms with Gasteiger partial charge in [-0.15, -0.1) is 5.10 Å². The van der Waals surface area contributed by atoms with Crippen molar-refractivity contribution in [1.29, 1.82) is 0 Å². The lowest BCUT2D eigenvalue weighted by Crippen LogP contribution is -2.30. The summed E-state index contributed by atoms with van der Waals surface area (Å²) in [5.41, 5.74) is 1.07. The van der Waals surface area contributed by atoms with Gasteiger partial charge in [0.25, 0.3) is 5.91 Å². The number of aryl methyl sites for hydroxylation is 1. The van der Waals surface area contributed by atoms with Gasteiger partial charge in [-0.3, -0.25) is 4.79 Å². The van der Waals surface area contributed by atoms with Gasteiger partial charge < -0.3 is 19.9 Å². The number of nitrogens with zero attached hydrogens (tertiary/aromatic N) is 4. The van der Waals surface area contributed by atoms with Crippen molar-refractivity contribution < 1.29 is 24.2 Å². The number of anilines is 1. The summed E-state index contributed by atoms with van der Waals surface area (Å²) >= 11 is 0. The van der Waals surface area contributed by atoms with E-state index in [0.29, 0.717) is 35.8 Å². The van der Waals surface area contributed by atoms with Crippen molar-refractivity contribution in [3.8, 4) is 11.4 Å². The molecular formula is C15H17N5O5. The van der Waals surface area contributed by atoms with E-state index >= 15 is 0 Å². The average molecular weight is 347 g/mol. The zero-order chi connectivity index (χ0) is 18.0. The van der Waals surface area contributed by atoms with Gasteiger partial charge in [0.05, 0.1) is 7.11 Å². The minimum absolute atomic E-state index is 0.311. The standard InChI is InChI=1S/C15H17N5O5/c1-8-17-18-19-20(8)10-7-9(3-4-11(10)24-2)16-14(21)12-5-6-13(25-12)15(22)23/h3-4,7,12-13H,5-6H2,1-2H3,(H,16,21)(H,22,23)/t12-,13+/m0/s1. The third-order valence-corrected chi connectivity index (χ3v) is 3.89. The van der Waals surface area contributed by atoms with Crippen LogP contribution < -0.4 is 10.1 Å². The van der Waals surface area contributed by atoms with E-state index < -0.39 is 24.1 Å². The van der Waals surface area contributed by atoms with Crippen molar-refractivity contribution in [2.24, 2.45) is 0 Å². The van der Waals surface area contributed by atoms with E-state index in [1.165, 1.54) is 11.8 Å². The Morgan fingerprint density at radius 3 is 2.72 bits per heavy atom. The maximum absolute atomic E-state index is 12.3. The van der Waals surface area contributed by atoms with E-state index in [2.05, 4.69) is 20.8 Å². The van der Waals surface area contributed by atoms with Gasteiger partial charge in [-0.05, 0) is 48.4 Å². The van der Waals surface area contributed by atoms with E-state index in [-0.39, 0.29) is 0 Å². The number of ether oxygens (including phenoxy) is 2. The highest BCUT2D eigenvalue weighted by Gasteiger charge is 2.34. The molecule has 1 aromatic carbocycles. The van der Waals surface area contributed by atoms with Gasteiger partial charge in [-0.25, -0.2) is 4.79 Å². The van der Waals surface area contributed by atoms with Crippen LogP contribution in [0.5, 0.6) is 5.75 Å². The summed E-state index contributed by atoms with van der Waals surface area (Å²) < 4.78 is 12.0. The SMILES string of the molecule is COc1ccc(NC(=O)[C@@H]2CC[C@H](C(=O)O)O2)cc1-n1nnnc1C. The molecule has 0 bridgehead atoms. The summed E-state index contributed by atoms with van der Waals surface area (Å²) in [5, 5.41) is 23.0. The maximum Gasteiger partial charge on any atom is 0.332 e. The molecule has 0 radical (unpaired) electrons. The molecule has 3 rings (SSSR count). The van der Waals surface area contributed by atoms with Crippen LogP contribution in [0.3, 0.4) is 0 Å². The van der Waals surface area contributed by atoms with E-state index in [9.17, 15) is 9.59 Å². The molecule has 0 aliphatic carbocycles. The number of carboxylic acid groups (broad SMARTS) is 1. The molecule has 25 heavy (non-hydrogen) atoms. The first-order chi connectivity index (χ1) is 12.0. The molecule has 1 aliphatic heterocycles. The number of methoxy groups -OCH3 is 1.